The molecule has 1 heterocycles. The maximum atomic E-state index is 12.5. The van der Waals surface area contributed by atoms with Crippen LogP contribution < -0.4 is 0 Å². The van der Waals surface area contributed by atoms with Gasteiger partial charge in [-0.1, -0.05) is 30.3 Å². The smallest absolute Gasteiger partial charge is 0.224 e. The van der Waals surface area contributed by atoms with Gasteiger partial charge in [0, 0.05) is 19.5 Å². The number of nitrogens with zero attached hydrogens (tertiary/aromatic N) is 3. The third-order valence-electron chi connectivity index (χ3n) is 5.18. The Labute approximate surface area is 152 Å². The van der Waals surface area contributed by atoms with Gasteiger partial charge < -0.3 is 9.38 Å². The molecule has 1 aromatic rings. The SMILES string of the molecule is C[N+](C)(C)CCCCN1CC[C@@](C#N)(CCc2ccccc2)CC1=O. The van der Waals surface area contributed by atoms with Crippen molar-refractivity contribution in [3.05, 3.63) is 35.9 Å². The lowest BCUT2D eigenvalue weighted by Crippen LogP contribution is -2.44. The van der Waals surface area contributed by atoms with E-state index in [9.17, 15) is 10.1 Å². The van der Waals surface area contributed by atoms with E-state index in [0.29, 0.717) is 6.42 Å². The molecule has 0 aromatic heterocycles. The van der Waals surface area contributed by atoms with Crippen LogP contribution >= 0.6 is 0 Å². The first-order valence-electron chi connectivity index (χ1n) is 9.37. The van der Waals surface area contributed by atoms with Gasteiger partial charge in [0.25, 0.3) is 0 Å². The Balaban J connectivity index is 1.81. The largest absolute Gasteiger partial charge is 0.343 e. The second kappa shape index (κ2) is 8.49. The van der Waals surface area contributed by atoms with E-state index in [1.54, 1.807) is 0 Å². The van der Waals surface area contributed by atoms with Crippen LogP contribution in [0.3, 0.4) is 0 Å². The first-order valence-corrected chi connectivity index (χ1v) is 9.37. The molecule has 0 radical (unpaired) electrons. The second-order valence-electron chi connectivity index (χ2n) is 8.41. The maximum absolute atomic E-state index is 12.5. The molecular weight excluding hydrogens is 310 g/mol. The van der Waals surface area contributed by atoms with Crippen LogP contribution in [0.25, 0.3) is 0 Å². The summed E-state index contributed by atoms with van der Waals surface area (Å²) in [5, 5.41) is 9.70. The van der Waals surface area contributed by atoms with Crippen molar-refractivity contribution in [3.8, 4) is 6.07 Å². The molecule has 1 saturated heterocycles. The Morgan fingerprint density at radius 2 is 1.92 bits per heavy atom. The van der Waals surface area contributed by atoms with Gasteiger partial charge in [-0.25, -0.2) is 0 Å². The first kappa shape index (κ1) is 19.5. The number of likely N-dealkylation sites (tertiary alicyclic amines) is 1. The van der Waals surface area contributed by atoms with Gasteiger partial charge in [-0.05, 0) is 37.7 Å². The van der Waals surface area contributed by atoms with Gasteiger partial charge in [0.15, 0.2) is 0 Å². The molecule has 0 aliphatic carbocycles. The van der Waals surface area contributed by atoms with Gasteiger partial charge in [-0.3, -0.25) is 4.79 Å². The van der Waals surface area contributed by atoms with Gasteiger partial charge in [-0.15, -0.1) is 0 Å². The second-order valence-corrected chi connectivity index (χ2v) is 8.41. The first-order chi connectivity index (χ1) is 11.8. The van der Waals surface area contributed by atoms with Crippen LogP contribution in [0.1, 0.15) is 37.7 Å². The van der Waals surface area contributed by atoms with Crippen molar-refractivity contribution in [2.75, 3.05) is 40.8 Å². The van der Waals surface area contributed by atoms with Gasteiger partial charge in [0.2, 0.25) is 5.91 Å². The molecule has 1 fully saturated rings. The molecule has 1 aliphatic heterocycles. The average Bonchev–Trinajstić information content (AvgIpc) is 2.58. The van der Waals surface area contributed by atoms with Gasteiger partial charge in [-0.2, -0.15) is 5.26 Å². The van der Waals surface area contributed by atoms with Crippen LogP contribution in [-0.4, -0.2) is 56.1 Å². The highest BCUT2D eigenvalue weighted by Gasteiger charge is 2.38. The summed E-state index contributed by atoms with van der Waals surface area (Å²) in [5.74, 6) is 0.158. The topological polar surface area (TPSA) is 44.1 Å². The summed E-state index contributed by atoms with van der Waals surface area (Å²) in [5.41, 5.74) is 0.762. The number of carbonyl (C=O) groups excluding carboxylic acids is 1. The Hall–Kier alpha value is -1.86. The third-order valence-corrected chi connectivity index (χ3v) is 5.18. The van der Waals surface area contributed by atoms with Gasteiger partial charge >= 0.3 is 0 Å². The number of unbranched alkanes of at least 4 members (excludes halogenated alkanes) is 1. The molecule has 1 amide bonds. The van der Waals surface area contributed by atoms with Crippen molar-refractivity contribution in [1.82, 2.24) is 4.90 Å². The summed E-state index contributed by atoms with van der Waals surface area (Å²) in [6.45, 7) is 2.69. The molecule has 0 unspecified atom stereocenters. The Morgan fingerprint density at radius 1 is 1.20 bits per heavy atom. The predicted octanol–water partition coefficient (Wildman–Crippen LogP) is 3.24. The summed E-state index contributed by atoms with van der Waals surface area (Å²) in [6, 6.07) is 12.7. The molecular formula is C21H32N3O+. The number of aryl methyl sites for hydroxylation is 1. The average molecular weight is 343 g/mol. The molecule has 0 spiro atoms. The summed E-state index contributed by atoms with van der Waals surface area (Å²) >= 11 is 0. The number of amides is 1. The molecule has 0 bridgehead atoms. The van der Waals surface area contributed by atoms with Crippen molar-refractivity contribution in [2.45, 2.75) is 38.5 Å². The summed E-state index contributed by atoms with van der Waals surface area (Å²) < 4.78 is 0.963. The number of nitriles is 1. The fourth-order valence-corrected chi connectivity index (χ4v) is 3.48. The zero-order valence-electron chi connectivity index (χ0n) is 16.0. The lowest BCUT2D eigenvalue weighted by atomic mass is 9.75. The third kappa shape index (κ3) is 6.17. The highest BCUT2D eigenvalue weighted by Crippen LogP contribution is 2.36. The minimum atomic E-state index is -0.480. The van der Waals surface area contributed by atoms with Crippen LogP contribution in [-0.2, 0) is 11.2 Å². The Bertz CT molecular complexity index is 600. The summed E-state index contributed by atoms with van der Waals surface area (Å²) in [7, 11) is 6.58. The van der Waals surface area contributed by atoms with Crippen LogP contribution in [0.5, 0.6) is 0 Å². The summed E-state index contributed by atoms with van der Waals surface area (Å²) in [6.07, 6.45) is 5.00. The van der Waals surface area contributed by atoms with Crippen molar-refractivity contribution in [3.63, 3.8) is 0 Å². The van der Waals surface area contributed by atoms with Crippen molar-refractivity contribution in [2.24, 2.45) is 5.41 Å². The van der Waals surface area contributed by atoms with Crippen LogP contribution in [0, 0.1) is 16.7 Å². The van der Waals surface area contributed by atoms with E-state index in [1.807, 2.05) is 23.1 Å². The predicted molar refractivity (Wildman–Crippen MR) is 101 cm³/mol. The molecule has 1 aromatic carbocycles. The minimum absolute atomic E-state index is 0.158. The number of benzene rings is 1. The van der Waals surface area contributed by atoms with Crippen LogP contribution in [0.15, 0.2) is 30.3 Å². The highest BCUT2D eigenvalue weighted by molar-refractivity contribution is 5.78. The van der Waals surface area contributed by atoms with Gasteiger partial charge in [0.05, 0.1) is 39.2 Å². The monoisotopic (exact) mass is 342 g/mol. The number of piperidine rings is 1. The fourth-order valence-electron chi connectivity index (χ4n) is 3.48. The lowest BCUT2D eigenvalue weighted by Gasteiger charge is -2.37. The van der Waals surface area contributed by atoms with E-state index in [-0.39, 0.29) is 5.91 Å². The molecule has 4 nitrogen and oxygen atoms in total. The molecule has 0 N–H and O–H groups in total. The van der Waals surface area contributed by atoms with Crippen molar-refractivity contribution >= 4 is 5.91 Å². The minimum Gasteiger partial charge on any atom is -0.343 e. The number of hydrogen-bond acceptors (Lipinski definition) is 2. The van der Waals surface area contributed by atoms with Crippen LogP contribution in [0.4, 0.5) is 0 Å². The van der Waals surface area contributed by atoms with Crippen molar-refractivity contribution in [1.29, 1.82) is 5.26 Å². The Kier molecular flexibility index (Phi) is 6.61. The zero-order valence-corrected chi connectivity index (χ0v) is 16.0. The molecule has 25 heavy (non-hydrogen) atoms. The van der Waals surface area contributed by atoms with E-state index in [4.69, 9.17) is 0 Å². The van der Waals surface area contributed by atoms with Crippen molar-refractivity contribution < 1.29 is 9.28 Å². The molecule has 0 saturated carbocycles. The van der Waals surface area contributed by atoms with Crippen LogP contribution in [0.2, 0.25) is 0 Å². The van der Waals surface area contributed by atoms with E-state index in [2.05, 4.69) is 39.3 Å². The lowest BCUT2D eigenvalue weighted by molar-refractivity contribution is -0.870. The highest BCUT2D eigenvalue weighted by atomic mass is 16.2. The maximum Gasteiger partial charge on any atom is 0.224 e. The normalized spacial score (nSPS) is 21.2. The van der Waals surface area contributed by atoms with E-state index in [0.717, 1.165) is 56.2 Å². The van der Waals surface area contributed by atoms with E-state index >= 15 is 0 Å². The zero-order chi connectivity index (χ0) is 18.3. The molecule has 2 rings (SSSR count). The molecule has 1 atom stereocenters. The standard InChI is InChI=1S/C21H32N3O/c1-24(2,3)16-8-7-14-23-15-13-21(18-22,17-20(23)25)12-11-19-9-5-4-6-10-19/h4-6,9-10H,7-8,11-17H2,1-3H3/q+1/t21-/m0/s1. The number of quaternary nitrogens is 1. The fraction of sp³-hybridized carbons (Fsp3) is 0.619. The quantitative estimate of drug-likeness (QED) is 0.538. The molecule has 1 aliphatic rings. The Morgan fingerprint density at radius 3 is 2.52 bits per heavy atom. The summed E-state index contributed by atoms with van der Waals surface area (Å²) in [4.78, 5) is 14.5. The van der Waals surface area contributed by atoms with E-state index < -0.39 is 5.41 Å². The molecule has 136 valence electrons. The van der Waals surface area contributed by atoms with Gasteiger partial charge in [0.1, 0.15) is 0 Å². The number of rotatable bonds is 8. The molecule has 4 heteroatoms. The van der Waals surface area contributed by atoms with E-state index in [1.165, 1.54) is 5.56 Å². The number of carbonyl (C=O) groups is 1. The number of hydrogen-bond donors (Lipinski definition) is 0.